The summed E-state index contributed by atoms with van der Waals surface area (Å²) in [4.78, 5) is 0. The maximum absolute atomic E-state index is 4.98. The van der Waals surface area contributed by atoms with E-state index in [0.29, 0.717) is 0 Å². The molecule has 0 bridgehead atoms. The molecule has 1 saturated heterocycles. The topological polar surface area (TPSA) is 33.3 Å². The third-order valence-electron chi connectivity index (χ3n) is 1.31. The quantitative estimate of drug-likeness (QED) is 0.474. The first kappa shape index (κ1) is 6.74. The van der Waals surface area contributed by atoms with E-state index in [9.17, 15) is 0 Å². The monoisotopic (exact) mass is 128 g/mol. The zero-order chi connectivity index (χ0) is 6.69. The molecule has 1 fully saturated rings. The molecule has 0 spiro atoms. The minimum Gasteiger partial charge on any atom is -0.353 e. The molecule has 0 aromatic heterocycles. The molecule has 0 unspecified atom stereocenters. The number of nitrogens with one attached hydrogen (secondary N) is 2. The van der Waals surface area contributed by atoms with Gasteiger partial charge in [0.2, 0.25) is 0 Å². The molecule has 3 heteroatoms. The minimum atomic E-state index is 0.00972. The largest absolute Gasteiger partial charge is 0.353 e. The molecular formula is C6H12N2O. The normalized spacial score (nSPS) is 22.6. The van der Waals surface area contributed by atoms with Crippen LogP contribution < -0.4 is 10.6 Å². The Bertz CT molecular complexity index is 104. The van der Waals surface area contributed by atoms with Gasteiger partial charge in [-0.25, -0.2) is 0 Å². The van der Waals surface area contributed by atoms with Gasteiger partial charge in [-0.2, -0.15) is 0 Å². The third-order valence-corrected chi connectivity index (χ3v) is 1.31. The van der Waals surface area contributed by atoms with Gasteiger partial charge in [0.1, 0.15) is 0 Å². The number of hydrogen-bond donors (Lipinski definition) is 2. The van der Waals surface area contributed by atoms with Gasteiger partial charge in [0, 0.05) is 20.2 Å². The molecule has 9 heavy (non-hydrogen) atoms. The van der Waals surface area contributed by atoms with Crippen LogP contribution in [0.5, 0.6) is 0 Å². The Labute approximate surface area is 55.1 Å². The van der Waals surface area contributed by atoms with Crippen molar-refractivity contribution in [3.63, 3.8) is 0 Å². The molecule has 0 radical (unpaired) electrons. The van der Waals surface area contributed by atoms with Crippen molar-refractivity contribution in [3.05, 3.63) is 12.2 Å². The van der Waals surface area contributed by atoms with Gasteiger partial charge in [0.15, 0.2) is 6.35 Å². The Morgan fingerprint density at radius 1 is 1.56 bits per heavy atom. The zero-order valence-electron chi connectivity index (χ0n) is 5.61. The van der Waals surface area contributed by atoms with Crippen molar-refractivity contribution >= 4 is 0 Å². The number of hydrogen-bond acceptors (Lipinski definition) is 3. The van der Waals surface area contributed by atoms with Crippen molar-refractivity contribution in [2.45, 2.75) is 6.35 Å². The highest BCUT2D eigenvalue weighted by Crippen LogP contribution is 1.93. The second-order valence-corrected chi connectivity index (χ2v) is 2.13. The summed E-state index contributed by atoms with van der Waals surface area (Å²) in [5, 5.41) is 6.17. The molecule has 0 amide bonds. The molecular weight excluding hydrogens is 116 g/mol. The van der Waals surface area contributed by atoms with E-state index in [1.165, 1.54) is 5.57 Å². The molecule has 0 atom stereocenters. The van der Waals surface area contributed by atoms with Crippen LogP contribution in [0.2, 0.25) is 0 Å². The summed E-state index contributed by atoms with van der Waals surface area (Å²) in [5.74, 6) is 0. The van der Waals surface area contributed by atoms with Crippen LogP contribution in [0.4, 0.5) is 0 Å². The minimum absolute atomic E-state index is 0.00972. The van der Waals surface area contributed by atoms with Crippen molar-refractivity contribution in [2.24, 2.45) is 0 Å². The highest BCUT2D eigenvalue weighted by molar-refractivity contribution is 5.02. The predicted molar refractivity (Wildman–Crippen MR) is 35.9 cm³/mol. The summed E-state index contributed by atoms with van der Waals surface area (Å²) >= 11 is 0. The summed E-state index contributed by atoms with van der Waals surface area (Å²) in [6.45, 7) is 5.51. The molecule has 0 aromatic carbocycles. The molecule has 0 saturated carbocycles. The van der Waals surface area contributed by atoms with Gasteiger partial charge in [-0.15, -0.1) is 0 Å². The van der Waals surface area contributed by atoms with Crippen LogP contribution in [-0.4, -0.2) is 26.6 Å². The van der Waals surface area contributed by atoms with E-state index in [2.05, 4.69) is 17.2 Å². The summed E-state index contributed by atoms with van der Waals surface area (Å²) in [6, 6.07) is 0. The van der Waals surface area contributed by atoms with E-state index in [1.54, 1.807) is 7.11 Å². The summed E-state index contributed by atoms with van der Waals surface area (Å²) in [6.07, 6.45) is 0.00972. The van der Waals surface area contributed by atoms with Crippen LogP contribution in [0.3, 0.4) is 0 Å². The second-order valence-electron chi connectivity index (χ2n) is 2.13. The average Bonchev–Trinajstić information content (AvgIpc) is 1.90. The Kier molecular flexibility index (Phi) is 2.22. The first-order chi connectivity index (χ1) is 4.33. The van der Waals surface area contributed by atoms with Gasteiger partial charge in [0.25, 0.3) is 0 Å². The lowest BCUT2D eigenvalue weighted by Gasteiger charge is -2.24. The highest BCUT2D eigenvalue weighted by Gasteiger charge is 2.10. The molecule has 1 rings (SSSR count). The first-order valence-electron chi connectivity index (χ1n) is 2.99. The van der Waals surface area contributed by atoms with Crippen molar-refractivity contribution in [2.75, 3.05) is 20.2 Å². The highest BCUT2D eigenvalue weighted by atomic mass is 16.5. The molecule has 2 N–H and O–H groups in total. The number of methoxy groups -OCH3 is 1. The molecule has 0 aromatic rings. The lowest BCUT2D eigenvalue weighted by atomic mass is 10.3. The molecule has 52 valence electrons. The first-order valence-corrected chi connectivity index (χ1v) is 2.99. The Morgan fingerprint density at radius 3 is 2.56 bits per heavy atom. The lowest BCUT2D eigenvalue weighted by molar-refractivity contribution is 0.0426. The van der Waals surface area contributed by atoms with Crippen LogP contribution in [0, 0.1) is 0 Å². The summed E-state index contributed by atoms with van der Waals surface area (Å²) < 4.78 is 4.98. The van der Waals surface area contributed by atoms with Crippen molar-refractivity contribution < 1.29 is 4.74 Å². The average molecular weight is 128 g/mol. The van der Waals surface area contributed by atoms with Gasteiger partial charge in [-0.1, -0.05) is 6.58 Å². The van der Waals surface area contributed by atoms with E-state index >= 15 is 0 Å². The van der Waals surface area contributed by atoms with Crippen molar-refractivity contribution in [1.29, 1.82) is 0 Å². The maximum atomic E-state index is 4.98. The van der Waals surface area contributed by atoms with E-state index in [-0.39, 0.29) is 6.35 Å². The fourth-order valence-corrected chi connectivity index (χ4v) is 0.775. The smallest absolute Gasteiger partial charge is 0.163 e. The van der Waals surface area contributed by atoms with Crippen LogP contribution in [0.1, 0.15) is 0 Å². The van der Waals surface area contributed by atoms with Crippen molar-refractivity contribution in [3.8, 4) is 0 Å². The molecule has 1 aliphatic rings. The van der Waals surface area contributed by atoms with Gasteiger partial charge in [0.05, 0.1) is 0 Å². The SMILES string of the molecule is C=C1CNC(OC)NC1. The van der Waals surface area contributed by atoms with Crippen LogP contribution in [-0.2, 0) is 4.74 Å². The predicted octanol–water partition coefficient (Wildman–Crippen LogP) is -0.335. The number of rotatable bonds is 1. The van der Waals surface area contributed by atoms with Gasteiger partial charge >= 0.3 is 0 Å². The Balaban J connectivity index is 2.26. The van der Waals surface area contributed by atoms with Crippen LogP contribution in [0.15, 0.2) is 12.2 Å². The summed E-state index contributed by atoms with van der Waals surface area (Å²) in [7, 11) is 1.67. The zero-order valence-corrected chi connectivity index (χ0v) is 5.61. The molecule has 0 aliphatic carbocycles. The number of ether oxygens (including phenoxy) is 1. The Hall–Kier alpha value is -0.380. The second kappa shape index (κ2) is 2.96. The lowest BCUT2D eigenvalue weighted by Crippen LogP contribution is -2.50. The van der Waals surface area contributed by atoms with Gasteiger partial charge in [-0.3, -0.25) is 10.6 Å². The van der Waals surface area contributed by atoms with E-state index < -0.39 is 0 Å². The van der Waals surface area contributed by atoms with Gasteiger partial charge in [-0.05, 0) is 5.57 Å². The van der Waals surface area contributed by atoms with Crippen molar-refractivity contribution in [1.82, 2.24) is 10.6 Å². The van der Waals surface area contributed by atoms with E-state index in [1.807, 2.05) is 0 Å². The molecule has 1 aliphatic heterocycles. The standard InChI is InChI=1S/C6H12N2O/c1-5-3-7-6(9-2)8-4-5/h6-8H,1,3-4H2,2H3. The molecule has 3 nitrogen and oxygen atoms in total. The van der Waals surface area contributed by atoms with E-state index in [0.717, 1.165) is 13.1 Å². The summed E-state index contributed by atoms with van der Waals surface area (Å²) in [5.41, 5.74) is 1.17. The fraction of sp³-hybridized carbons (Fsp3) is 0.667. The Morgan fingerprint density at radius 2 is 2.11 bits per heavy atom. The maximum Gasteiger partial charge on any atom is 0.163 e. The molecule has 1 heterocycles. The van der Waals surface area contributed by atoms with E-state index in [4.69, 9.17) is 4.74 Å². The van der Waals surface area contributed by atoms with Crippen LogP contribution >= 0.6 is 0 Å². The fourth-order valence-electron chi connectivity index (χ4n) is 0.775. The van der Waals surface area contributed by atoms with Crippen LogP contribution in [0.25, 0.3) is 0 Å². The third kappa shape index (κ3) is 1.78. The van der Waals surface area contributed by atoms with Gasteiger partial charge < -0.3 is 4.74 Å².